The Hall–Kier alpha value is -2.03. The fourth-order valence-electron chi connectivity index (χ4n) is 1.48. The molecular formula is C13H12NO2. The molecular weight excluding hydrogens is 202 g/mol. The third-order valence-electron chi connectivity index (χ3n) is 2.28. The summed E-state index contributed by atoms with van der Waals surface area (Å²) < 4.78 is 10.4. The fraction of sp³-hybridized carbons (Fsp3) is 0.154. The van der Waals surface area contributed by atoms with Gasteiger partial charge in [-0.2, -0.15) is 0 Å². The maximum atomic E-state index is 5.24. The van der Waals surface area contributed by atoms with Crippen LogP contribution in [-0.4, -0.2) is 19.2 Å². The van der Waals surface area contributed by atoms with E-state index in [1.165, 1.54) is 0 Å². The molecule has 0 aliphatic rings. The van der Waals surface area contributed by atoms with Crippen LogP contribution >= 0.6 is 0 Å². The fourth-order valence-corrected chi connectivity index (χ4v) is 1.48. The third kappa shape index (κ3) is 1.98. The van der Waals surface area contributed by atoms with Crippen LogP contribution in [-0.2, 0) is 0 Å². The van der Waals surface area contributed by atoms with Gasteiger partial charge in [0.2, 0.25) is 0 Å². The number of hydrogen-bond acceptors (Lipinski definition) is 3. The van der Waals surface area contributed by atoms with E-state index in [0.29, 0.717) is 11.5 Å². The summed E-state index contributed by atoms with van der Waals surface area (Å²) >= 11 is 0. The van der Waals surface area contributed by atoms with Crippen molar-refractivity contribution in [3.05, 3.63) is 42.6 Å². The summed E-state index contributed by atoms with van der Waals surface area (Å²) in [7, 11) is 3.23. The molecule has 0 amide bonds. The van der Waals surface area contributed by atoms with Crippen LogP contribution in [0, 0.1) is 6.07 Å². The van der Waals surface area contributed by atoms with Gasteiger partial charge in [-0.1, -0.05) is 0 Å². The number of nitrogens with zero attached hydrogens (tertiary/aromatic N) is 1. The first-order valence-corrected chi connectivity index (χ1v) is 4.89. The van der Waals surface area contributed by atoms with Crippen LogP contribution in [0.25, 0.3) is 11.3 Å². The Bertz CT molecular complexity index is 469. The zero-order valence-corrected chi connectivity index (χ0v) is 9.23. The summed E-state index contributed by atoms with van der Waals surface area (Å²) in [5.74, 6) is 1.41. The molecule has 81 valence electrons. The van der Waals surface area contributed by atoms with Crippen molar-refractivity contribution in [1.29, 1.82) is 0 Å². The van der Waals surface area contributed by atoms with Gasteiger partial charge in [0.1, 0.15) is 0 Å². The molecule has 0 saturated carbocycles. The molecule has 1 aromatic carbocycles. The zero-order valence-electron chi connectivity index (χ0n) is 9.23. The number of benzene rings is 1. The summed E-state index contributed by atoms with van der Waals surface area (Å²) in [5.41, 5.74) is 1.85. The second kappa shape index (κ2) is 4.66. The quantitative estimate of drug-likeness (QED) is 0.786. The minimum Gasteiger partial charge on any atom is -0.493 e. The highest BCUT2D eigenvalue weighted by molar-refractivity contribution is 5.63. The largest absolute Gasteiger partial charge is 0.493 e. The van der Waals surface area contributed by atoms with Crippen LogP contribution in [0.5, 0.6) is 11.5 Å². The zero-order chi connectivity index (χ0) is 11.4. The average Bonchev–Trinajstić information content (AvgIpc) is 2.39. The molecule has 1 radical (unpaired) electrons. The van der Waals surface area contributed by atoms with E-state index in [-0.39, 0.29) is 0 Å². The minimum atomic E-state index is 0.700. The molecule has 0 saturated heterocycles. The van der Waals surface area contributed by atoms with Crippen molar-refractivity contribution in [3.63, 3.8) is 0 Å². The van der Waals surface area contributed by atoms with Gasteiger partial charge in [0.25, 0.3) is 0 Å². The predicted octanol–water partition coefficient (Wildman–Crippen LogP) is 2.57. The Kier molecular flexibility index (Phi) is 3.05. The van der Waals surface area contributed by atoms with Crippen LogP contribution in [0.15, 0.2) is 36.5 Å². The van der Waals surface area contributed by atoms with Crippen molar-refractivity contribution in [3.8, 4) is 22.8 Å². The molecule has 0 aliphatic heterocycles. The molecule has 0 unspecified atom stereocenters. The van der Waals surface area contributed by atoms with Gasteiger partial charge in [-0.3, -0.25) is 4.98 Å². The van der Waals surface area contributed by atoms with Gasteiger partial charge < -0.3 is 9.47 Å². The highest BCUT2D eigenvalue weighted by Crippen LogP contribution is 2.31. The van der Waals surface area contributed by atoms with Gasteiger partial charge in [-0.15, -0.1) is 0 Å². The van der Waals surface area contributed by atoms with Gasteiger partial charge in [0.05, 0.1) is 19.9 Å². The molecule has 3 heteroatoms. The smallest absolute Gasteiger partial charge is 0.161 e. The first kappa shape index (κ1) is 10.5. The highest BCUT2D eigenvalue weighted by atomic mass is 16.5. The van der Waals surface area contributed by atoms with E-state index in [2.05, 4.69) is 11.1 Å². The average molecular weight is 214 g/mol. The van der Waals surface area contributed by atoms with Crippen LogP contribution in [0.4, 0.5) is 0 Å². The Labute approximate surface area is 94.7 Å². The van der Waals surface area contributed by atoms with Gasteiger partial charge in [-0.25, -0.2) is 0 Å². The second-order valence-electron chi connectivity index (χ2n) is 3.21. The predicted molar refractivity (Wildman–Crippen MR) is 61.6 cm³/mol. The molecule has 2 aromatic rings. The number of methoxy groups -OCH3 is 2. The van der Waals surface area contributed by atoms with Gasteiger partial charge in [0, 0.05) is 11.8 Å². The van der Waals surface area contributed by atoms with E-state index in [9.17, 15) is 0 Å². The molecule has 0 bridgehead atoms. The third-order valence-corrected chi connectivity index (χ3v) is 2.28. The Balaban J connectivity index is 2.44. The second-order valence-corrected chi connectivity index (χ2v) is 3.21. The molecule has 1 aromatic heterocycles. The number of pyridine rings is 1. The van der Waals surface area contributed by atoms with Crippen LogP contribution in [0.1, 0.15) is 0 Å². The minimum absolute atomic E-state index is 0.700. The first-order chi connectivity index (χ1) is 7.85. The topological polar surface area (TPSA) is 31.4 Å². The summed E-state index contributed by atoms with van der Waals surface area (Å²) in [4.78, 5) is 4.25. The van der Waals surface area contributed by atoms with E-state index in [4.69, 9.17) is 9.47 Å². The molecule has 1 heterocycles. The number of aromatic nitrogens is 1. The maximum absolute atomic E-state index is 5.24. The van der Waals surface area contributed by atoms with Gasteiger partial charge >= 0.3 is 0 Å². The summed E-state index contributed by atoms with van der Waals surface area (Å²) in [6.45, 7) is 0. The van der Waals surface area contributed by atoms with E-state index >= 15 is 0 Å². The van der Waals surface area contributed by atoms with Crippen molar-refractivity contribution >= 4 is 0 Å². The van der Waals surface area contributed by atoms with Gasteiger partial charge in [0.15, 0.2) is 11.5 Å². The monoisotopic (exact) mass is 214 g/mol. The Morgan fingerprint density at radius 1 is 1.12 bits per heavy atom. The normalized spacial score (nSPS) is 9.88. The molecule has 0 fully saturated rings. The molecule has 0 atom stereocenters. The highest BCUT2D eigenvalue weighted by Gasteiger charge is 2.06. The molecule has 0 N–H and O–H groups in total. The number of rotatable bonds is 3. The Morgan fingerprint density at radius 2 is 1.94 bits per heavy atom. The number of hydrogen-bond donors (Lipinski definition) is 0. The lowest BCUT2D eigenvalue weighted by molar-refractivity contribution is 0.355. The van der Waals surface area contributed by atoms with Crippen molar-refractivity contribution in [2.45, 2.75) is 0 Å². The first-order valence-electron chi connectivity index (χ1n) is 4.89. The summed E-state index contributed by atoms with van der Waals surface area (Å²) in [5, 5.41) is 0. The summed E-state index contributed by atoms with van der Waals surface area (Å²) in [6.07, 6.45) is 1.71. The lowest BCUT2D eigenvalue weighted by atomic mass is 10.1. The van der Waals surface area contributed by atoms with Crippen LogP contribution < -0.4 is 9.47 Å². The van der Waals surface area contributed by atoms with Crippen molar-refractivity contribution in [2.75, 3.05) is 14.2 Å². The van der Waals surface area contributed by atoms with E-state index in [0.717, 1.165) is 11.3 Å². The van der Waals surface area contributed by atoms with Gasteiger partial charge in [-0.05, 0) is 36.4 Å². The van der Waals surface area contributed by atoms with Crippen LogP contribution in [0.2, 0.25) is 0 Å². The Morgan fingerprint density at radius 3 is 2.56 bits per heavy atom. The molecule has 2 rings (SSSR count). The SMILES string of the molecule is COc1ccc(-c2c[c]ccn2)cc1OC. The standard InChI is InChI=1S/C13H12NO2/c1-15-12-7-6-10(9-13(12)16-2)11-5-3-4-8-14-11/h4-9H,1-2H3. The summed E-state index contributed by atoms with van der Waals surface area (Å²) in [6, 6.07) is 12.3. The van der Waals surface area contributed by atoms with E-state index in [1.54, 1.807) is 26.5 Å². The molecule has 0 aliphatic carbocycles. The van der Waals surface area contributed by atoms with Crippen LogP contribution in [0.3, 0.4) is 0 Å². The van der Waals surface area contributed by atoms with Crippen molar-refractivity contribution in [2.24, 2.45) is 0 Å². The lowest BCUT2D eigenvalue weighted by Gasteiger charge is -2.08. The molecule has 0 spiro atoms. The lowest BCUT2D eigenvalue weighted by Crippen LogP contribution is -1.91. The number of ether oxygens (including phenoxy) is 2. The van der Waals surface area contributed by atoms with E-state index in [1.807, 2.05) is 24.3 Å². The molecule has 16 heavy (non-hydrogen) atoms. The molecule has 3 nitrogen and oxygen atoms in total. The van der Waals surface area contributed by atoms with Crippen molar-refractivity contribution < 1.29 is 9.47 Å². The van der Waals surface area contributed by atoms with E-state index < -0.39 is 0 Å². The maximum Gasteiger partial charge on any atom is 0.161 e. The van der Waals surface area contributed by atoms with Crippen molar-refractivity contribution in [1.82, 2.24) is 4.98 Å².